The molecule has 78 valence electrons. The largest absolute Gasteiger partial charge is 0.465 e. The Labute approximate surface area is 79.8 Å². The summed E-state index contributed by atoms with van der Waals surface area (Å²) in [4.78, 5) is 10.8. The molecule has 0 unspecified atom stereocenters. The van der Waals surface area contributed by atoms with Gasteiger partial charge in [-0.15, -0.1) is 0 Å². The smallest absolute Gasteiger partial charge is 0.319 e. The molecule has 0 amide bonds. The highest BCUT2D eigenvalue weighted by Crippen LogP contribution is 1.90. The number of esters is 1. The molecule has 0 aliphatic rings. The van der Waals surface area contributed by atoms with E-state index in [9.17, 15) is 4.79 Å². The number of carbonyl (C=O) groups excluding carboxylic acids is 1. The Hall–Kier alpha value is -0.610. The molecule has 0 rings (SSSR count). The van der Waals surface area contributed by atoms with Gasteiger partial charge in [0.05, 0.1) is 13.2 Å². The van der Waals surface area contributed by atoms with Crippen LogP contribution in [-0.2, 0) is 9.53 Å². The third-order valence-electron chi connectivity index (χ3n) is 1.63. The van der Waals surface area contributed by atoms with Crippen molar-refractivity contribution in [2.24, 2.45) is 5.73 Å². The number of carbonyl (C=O) groups is 1. The van der Waals surface area contributed by atoms with Gasteiger partial charge in [0.15, 0.2) is 0 Å². The highest BCUT2D eigenvalue weighted by Gasteiger charge is 1.98. The van der Waals surface area contributed by atoms with Crippen LogP contribution in [0, 0.1) is 0 Å². The van der Waals surface area contributed by atoms with Crippen LogP contribution in [0.4, 0.5) is 0 Å². The van der Waals surface area contributed by atoms with Crippen molar-refractivity contribution in [3.05, 3.63) is 0 Å². The Morgan fingerprint density at radius 3 is 2.77 bits per heavy atom. The number of unbranched alkanes of at least 4 members (excludes halogenated alkanes) is 2. The minimum absolute atomic E-state index is 0.179. The summed E-state index contributed by atoms with van der Waals surface area (Å²) in [5, 5.41) is 3.01. The van der Waals surface area contributed by atoms with E-state index < -0.39 is 0 Å². The van der Waals surface area contributed by atoms with Gasteiger partial charge < -0.3 is 15.8 Å². The van der Waals surface area contributed by atoms with Crippen molar-refractivity contribution in [1.82, 2.24) is 5.32 Å². The molecular formula is C9H20N2O2. The summed E-state index contributed by atoms with van der Waals surface area (Å²) in [6.45, 7) is 4.18. The van der Waals surface area contributed by atoms with E-state index in [-0.39, 0.29) is 5.97 Å². The fourth-order valence-corrected chi connectivity index (χ4v) is 0.974. The van der Waals surface area contributed by atoms with Gasteiger partial charge in [-0.3, -0.25) is 4.79 Å². The molecule has 0 heterocycles. The van der Waals surface area contributed by atoms with Crippen LogP contribution in [0.5, 0.6) is 0 Å². The van der Waals surface area contributed by atoms with Crippen LogP contribution in [0.15, 0.2) is 0 Å². The normalized spacial score (nSPS) is 10.0. The summed E-state index contributed by atoms with van der Waals surface area (Å²) in [6, 6.07) is 0. The third-order valence-corrected chi connectivity index (χ3v) is 1.63. The van der Waals surface area contributed by atoms with Crippen molar-refractivity contribution in [2.75, 3.05) is 26.2 Å². The molecule has 0 bridgehead atoms. The number of nitrogens with two attached hydrogens (primary N) is 1. The van der Waals surface area contributed by atoms with Gasteiger partial charge in [0, 0.05) is 0 Å². The van der Waals surface area contributed by atoms with Crippen LogP contribution in [0.2, 0.25) is 0 Å². The summed E-state index contributed by atoms with van der Waals surface area (Å²) < 4.78 is 4.75. The van der Waals surface area contributed by atoms with Gasteiger partial charge in [-0.2, -0.15) is 0 Å². The lowest BCUT2D eigenvalue weighted by Crippen LogP contribution is -2.25. The van der Waals surface area contributed by atoms with E-state index in [1.165, 1.54) is 0 Å². The van der Waals surface area contributed by atoms with Crippen molar-refractivity contribution < 1.29 is 9.53 Å². The van der Waals surface area contributed by atoms with E-state index in [1.807, 2.05) is 0 Å². The first kappa shape index (κ1) is 12.4. The summed E-state index contributed by atoms with van der Waals surface area (Å²) in [7, 11) is 0. The molecule has 13 heavy (non-hydrogen) atoms. The molecular weight excluding hydrogens is 168 g/mol. The first-order chi connectivity index (χ1) is 6.31. The summed E-state index contributed by atoms with van der Waals surface area (Å²) in [5.41, 5.74) is 5.34. The molecule has 0 aliphatic heterocycles. The quantitative estimate of drug-likeness (QED) is 0.424. The second-order valence-electron chi connectivity index (χ2n) is 2.83. The molecule has 0 radical (unpaired) electrons. The van der Waals surface area contributed by atoms with Crippen molar-refractivity contribution in [2.45, 2.75) is 26.2 Å². The summed E-state index contributed by atoms with van der Waals surface area (Å²) in [5.74, 6) is -0.179. The van der Waals surface area contributed by atoms with Crippen molar-refractivity contribution in [3.8, 4) is 0 Å². The second kappa shape index (κ2) is 9.48. The summed E-state index contributed by atoms with van der Waals surface area (Å²) in [6.07, 6.45) is 3.24. The lowest BCUT2D eigenvalue weighted by Gasteiger charge is -2.03. The zero-order chi connectivity index (χ0) is 9.94. The molecule has 0 aliphatic carbocycles. The van der Waals surface area contributed by atoms with Gasteiger partial charge in [-0.05, 0) is 32.9 Å². The molecule has 0 aromatic heterocycles. The molecule has 0 spiro atoms. The van der Waals surface area contributed by atoms with E-state index >= 15 is 0 Å². The van der Waals surface area contributed by atoms with E-state index in [0.29, 0.717) is 13.2 Å². The van der Waals surface area contributed by atoms with Crippen LogP contribution < -0.4 is 11.1 Å². The zero-order valence-electron chi connectivity index (χ0n) is 8.34. The molecule has 4 nitrogen and oxygen atoms in total. The minimum atomic E-state index is -0.179. The van der Waals surface area contributed by atoms with E-state index in [4.69, 9.17) is 10.5 Å². The zero-order valence-corrected chi connectivity index (χ0v) is 8.34. The predicted molar refractivity (Wildman–Crippen MR) is 52.4 cm³/mol. The fraction of sp³-hybridized carbons (Fsp3) is 0.889. The molecule has 0 fully saturated rings. The van der Waals surface area contributed by atoms with Gasteiger partial charge in [-0.25, -0.2) is 0 Å². The van der Waals surface area contributed by atoms with Gasteiger partial charge in [-0.1, -0.05) is 6.42 Å². The summed E-state index contributed by atoms with van der Waals surface area (Å²) >= 11 is 0. The molecule has 0 saturated heterocycles. The SMILES string of the molecule is CCOC(=O)CNCCCCCN. The average Bonchev–Trinajstić information content (AvgIpc) is 2.11. The van der Waals surface area contributed by atoms with E-state index in [0.717, 1.165) is 32.4 Å². The van der Waals surface area contributed by atoms with Crippen LogP contribution >= 0.6 is 0 Å². The molecule has 3 N–H and O–H groups in total. The maximum atomic E-state index is 10.8. The van der Waals surface area contributed by atoms with Gasteiger partial charge in [0.2, 0.25) is 0 Å². The number of nitrogens with one attached hydrogen (secondary N) is 1. The first-order valence-corrected chi connectivity index (χ1v) is 4.87. The Balaban J connectivity index is 3.02. The number of ether oxygens (including phenoxy) is 1. The minimum Gasteiger partial charge on any atom is -0.465 e. The Kier molecular flexibility index (Phi) is 9.03. The van der Waals surface area contributed by atoms with Crippen LogP contribution in [0.25, 0.3) is 0 Å². The topological polar surface area (TPSA) is 64.3 Å². The monoisotopic (exact) mass is 188 g/mol. The van der Waals surface area contributed by atoms with Crippen LogP contribution in [0.3, 0.4) is 0 Å². The molecule has 0 aromatic carbocycles. The maximum Gasteiger partial charge on any atom is 0.319 e. The van der Waals surface area contributed by atoms with Crippen LogP contribution in [-0.4, -0.2) is 32.2 Å². The number of hydrogen-bond donors (Lipinski definition) is 2. The van der Waals surface area contributed by atoms with Crippen molar-refractivity contribution >= 4 is 5.97 Å². The van der Waals surface area contributed by atoms with Gasteiger partial charge >= 0.3 is 5.97 Å². The number of rotatable bonds is 8. The Bertz CT molecular complexity index is 129. The highest BCUT2D eigenvalue weighted by molar-refractivity contribution is 5.71. The van der Waals surface area contributed by atoms with Crippen molar-refractivity contribution in [3.63, 3.8) is 0 Å². The standard InChI is InChI=1S/C9H20N2O2/c1-2-13-9(12)8-11-7-5-3-4-6-10/h11H,2-8,10H2,1H3. The fourth-order valence-electron chi connectivity index (χ4n) is 0.974. The average molecular weight is 188 g/mol. The van der Waals surface area contributed by atoms with Gasteiger partial charge in [0.25, 0.3) is 0 Å². The third kappa shape index (κ3) is 9.30. The Morgan fingerprint density at radius 2 is 2.15 bits per heavy atom. The lowest BCUT2D eigenvalue weighted by atomic mass is 10.2. The second-order valence-corrected chi connectivity index (χ2v) is 2.83. The Morgan fingerprint density at radius 1 is 1.38 bits per heavy atom. The lowest BCUT2D eigenvalue weighted by molar-refractivity contribution is -0.141. The molecule has 4 heteroatoms. The molecule has 0 saturated carbocycles. The molecule has 0 atom stereocenters. The number of hydrogen-bond acceptors (Lipinski definition) is 4. The molecule has 0 aromatic rings. The van der Waals surface area contributed by atoms with Crippen molar-refractivity contribution in [1.29, 1.82) is 0 Å². The predicted octanol–water partition coefficient (Wildman–Crippen LogP) is 0.268. The van der Waals surface area contributed by atoms with Crippen LogP contribution in [0.1, 0.15) is 26.2 Å². The van der Waals surface area contributed by atoms with E-state index in [1.54, 1.807) is 6.92 Å². The van der Waals surface area contributed by atoms with E-state index in [2.05, 4.69) is 5.32 Å². The maximum absolute atomic E-state index is 10.8. The first-order valence-electron chi connectivity index (χ1n) is 4.87. The highest BCUT2D eigenvalue weighted by atomic mass is 16.5. The van der Waals surface area contributed by atoms with Gasteiger partial charge in [0.1, 0.15) is 0 Å².